The van der Waals surface area contributed by atoms with Gasteiger partial charge >= 0.3 is 0 Å². The predicted molar refractivity (Wildman–Crippen MR) is 78.0 cm³/mol. The number of piperidine rings is 1. The first-order valence-corrected chi connectivity index (χ1v) is 7.30. The minimum absolute atomic E-state index is 0.732. The Bertz CT molecular complexity index is 229. The average molecular weight is 254 g/mol. The Labute approximate surface area is 113 Å². The molecule has 1 fully saturated rings. The first kappa shape index (κ1) is 15.7. The third-order valence-corrected chi connectivity index (χ3v) is 3.55. The van der Waals surface area contributed by atoms with Crippen LogP contribution in [0.1, 0.15) is 39.5 Å². The highest BCUT2D eigenvalue weighted by Gasteiger charge is 2.17. The van der Waals surface area contributed by atoms with Gasteiger partial charge in [0, 0.05) is 26.3 Å². The molecule has 3 nitrogen and oxygen atoms in total. The molecule has 0 atom stereocenters. The van der Waals surface area contributed by atoms with Gasteiger partial charge in [0.2, 0.25) is 0 Å². The van der Waals surface area contributed by atoms with Crippen molar-refractivity contribution in [1.29, 1.82) is 0 Å². The van der Waals surface area contributed by atoms with Crippen LogP contribution < -0.4 is 5.32 Å². The van der Waals surface area contributed by atoms with Gasteiger partial charge in [0.05, 0.1) is 0 Å². The van der Waals surface area contributed by atoms with E-state index in [9.17, 15) is 0 Å². The molecule has 0 spiro atoms. The molecule has 0 aliphatic carbocycles. The third kappa shape index (κ3) is 7.14. The Kier molecular flexibility index (Phi) is 8.31. The van der Waals surface area contributed by atoms with Crippen molar-refractivity contribution in [3.63, 3.8) is 0 Å². The smallest absolute Gasteiger partial charge is 0.0462 e. The summed E-state index contributed by atoms with van der Waals surface area (Å²) >= 11 is 0. The van der Waals surface area contributed by atoms with Crippen LogP contribution in [-0.2, 0) is 4.74 Å². The second-order valence-electron chi connectivity index (χ2n) is 5.51. The number of hydrogen-bond donors (Lipinski definition) is 1. The summed E-state index contributed by atoms with van der Waals surface area (Å²) in [6, 6.07) is 0.732. The fourth-order valence-corrected chi connectivity index (χ4v) is 2.31. The lowest BCUT2D eigenvalue weighted by atomic mass is 10.0. The van der Waals surface area contributed by atoms with E-state index in [-0.39, 0.29) is 0 Å². The Hall–Kier alpha value is -0.380. The third-order valence-electron chi connectivity index (χ3n) is 3.55. The minimum Gasteiger partial charge on any atom is -0.385 e. The summed E-state index contributed by atoms with van der Waals surface area (Å²) in [6.45, 7) is 9.98. The van der Waals surface area contributed by atoms with Gasteiger partial charge < -0.3 is 10.1 Å². The van der Waals surface area contributed by atoms with Gasteiger partial charge in [-0.2, -0.15) is 0 Å². The van der Waals surface area contributed by atoms with Crippen LogP contribution in [-0.4, -0.2) is 50.8 Å². The Morgan fingerprint density at radius 3 is 2.61 bits per heavy atom. The van der Waals surface area contributed by atoms with Gasteiger partial charge in [0.15, 0.2) is 0 Å². The zero-order valence-electron chi connectivity index (χ0n) is 12.4. The van der Waals surface area contributed by atoms with E-state index in [0.29, 0.717) is 0 Å². The number of allylic oxidation sites excluding steroid dienone is 1. The molecule has 3 heteroatoms. The molecule has 1 saturated heterocycles. The molecule has 0 aromatic heterocycles. The maximum atomic E-state index is 5.05. The van der Waals surface area contributed by atoms with Crippen molar-refractivity contribution < 1.29 is 4.74 Å². The number of methoxy groups -OCH3 is 1. The quantitative estimate of drug-likeness (QED) is 0.532. The second-order valence-corrected chi connectivity index (χ2v) is 5.51. The first-order chi connectivity index (χ1) is 8.72. The number of rotatable bonds is 8. The summed E-state index contributed by atoms with van der Waals surface area (Å²) < 4.78 is 5.05. The van der Waals surface area contributed by atoms with Gasteiger partial charge in [-0.3, -0.25) is 4.90 Å². The monoisotopic (exact) mass is 254 g/mol. The summed E-state index contributed by atoms with van der Waals surface area (Å²) in [4.78, 5) is 2.55. The fourth-order valence-electron chi connectivity index (χ4n) is 2.31. The van der Waals surface area contributed by atoms with Gasteiger partial charge in [-0.15, -0.1) is 0 Å². The van der Waals surface area contributed by atoms with E-state index in [0.717, 1.165) is 25.7 Å². The maximum absolute atomic E-state index is 5.05. The number of likely N-dealkylation sites (tertiary alicyclic amines) is 1. The summed E-state index contributed by atoms with van der Waals surface area (Å²) in [7, 11) is 1.77. The Morgan fingerprint density at radius 1 is 1.28 bits per heavy atom. The summed E-state index contributed by atoms with van der Waals surface area (Å²) in [6.07, 6.45) is 7.31. The standard InChI is InChI=1S/C15H30N2O/c1-14(2)6-10-17-11-7-15(8-12-17)16-9-4-5-13-18-3/h6,15-16H,4-5,7-13H2,1-3H3. The van der Waals surface area contributed by atoms with Crippen LogP contribution in [0.15, 0.2) is 11.6 Å². The van der Waals surface area contributed by atoms with Gasteiger partial charge in [0.25, 0.3) is 0 Å². The Morgan fingerprint density at radius 2 is 2.00 bits per heavy atom. The van der Waals surface area contributed by atoms with E-state index in [1.54, 1.807) is 7.11 Å². The SMILES string of the molecule is COCCCCNC1CCN(CC=C(C)C)CC1. The van der Waals surface area contributed by atoms with Crippen LogP contribution in [0.4, 0.5) is 0 Å². The van der Waals surface area contributed by atoms with Crippen LogP contribution in [0.5, 0.6) is 0 Å². The lowest BCUT2D eigenvalue weighted by molar-refractivity contribution is 0.189. The molecule has 0 radical (unpaired) electrons. The molecule has 0 saturated carbocycles. The number of unbranched alkanes of at least 4 members (excludes halogenated alkanes) is 1. The van der Waals surface area contributed by atoms with Gasteiger partial charge in [-0.25, -0.2) is 0 Å². The van der Waals surface area contributed by atoms with Crippen LogP contribution in [0.25, 0.3) is 0 Å². The topological polar surface area (TPSA) is 24.5 Å². The van der Waals surface area contributed by atoms with Crippen LogP contribution in [0.3, 0.4) is 0 Å². The number of nitrogens with zero attached hydrogens (tertiary/aromatic N) is 1. The normalized spacial score (nSPS) is 17.9. The largest absolute Gasteiger partial charge is 0.385 e. The Balaban J connectivity index is 2.03. The first-order valence-electron chi connectivity index (χ1n) is 7.30. The van der Waals surface area contributed by atoms with E-state index in [1.165, 1.54) is 44.3 Å². The van der Waals surface area contributed by atoms with E-state index in [4.69, 9.17) is 4.74 Å². The minimum atomic E-state index is 0.732. The average Bonchev–Trinajstić information content (AvgIpc) is 2.37. The molecule has 0 amide bonds. The molecule has 1 N–H and O–H groups in total. The molecule has 106 valence electrons. The second kappa shape index (κ2) is 9.54. The molecule has 0 aromatic carbocycles. The van der Waals surface area contributed by atoms with Crippen LogP contribution >= 0.6 is 0 Å². The number of hydrogen-bond acceptors (Lipinski definition) is 3. The van der Waals surface area contributed by atoms with Gasteiger partial charge in [0.1, 0.15) is 0 Å². The highest BCUT2D eigenvalue weighted by Crippen LogP contribution is 2.10. The predicted octanol–water partition coefficient (Wildman–Crippen LogP) is 2.43. The summed E-state index contributed by atoms with van der Waals surface area (Å²) in [5.41, 5.74) is 1.42. The molecule has 1 heterocycles. The molecule has 1 rings (SSSR count). The summed E-state index contributed by atoms with van der Waals surface area (Å²) in [5, 5.41) is 3.67. The molecule has 0 aromatic rings. The number of ether oxygens (including phenoxy) is 1. The van der Waals surface area contributed by atoms with E-state index in [1.807, 2.05) is 0 Å². The molecule has 0 unspecified atom stereocenters. The highest BCUT2D eigenvalue weighted by molar-refractivity contribution is 4.95. The van der Waals surface area contributed by atoms with Crippen molar-refractivity contribution in [2.24, 2.45) is 0 Å². The van der Waals surface area contributed by atoms with E-state index < -0.39 is 0 Å². The van der Waals surface area contributed by atoms with Crippen molar-refractivity contribution in [3.05, 3.63) is 11.6 Å². The molecule has 0 bridgehead atoms. The van der Waals surface area contributed by atoms with Crippen LogP contribution in [0, 0.1) is 0 Å². The van der Waals surface area contributed by atoms with Crippen molar-refractivity contribution in [2.75, 3.05) is 39.9 Å². The van der Waals surface area contributed by atoms with Crippen molar-refractivity contribution in [2.45, 2.75) is 45.6 Å². The fraction of sp³-hybridized carbons (Fsp3) is 0.867. The molecular formula is C15H30N2O. The van der Waals surface area contributed by atoms with Gasteiger partial charge in [-0.1, -0.05) is 11.6 Å². The highest BCUT2D eigenvalue weighted by atomic mass is 16.5. The molecular weight excluding hydrogens is 224 g/mol. The van der Waals surface area contributed by atoms with Crippen molar-refractivity contribution in [1.82, 2.24) is 10.2 Å². The molecule has 18 heavy (non-hydrogen) atoms. The zero-order chi connectivity index (χ0) is 13.2. The molecule has 1 aliphatic heterocycles. The van der Waals surface area contributed by atoms with E-state index >= 15 is 0 Å². The number of nitrogens with one attached hydrogen (secondary N) is 1. The zero-order valence-corrected chi connectivity index (χ0v) is 12.4. The van der Waals surface area contributed by atoms with Gasteiger partial charge in [-0.05, 0) is 59.2 Å². The van der Waals surface area contributed by atoms with Crippen LogP contribution in [0.2, 0.25) is 0 Å². The lowest BCUT2D eigenvalue weighted by Crippen LogP contribution is -2.42. The molecule has 1 aliphatic rings. The summed E-state index contributed by atoms with van der Waals surface area (Å²) in [5.74, 6) is 0. The van der Waals surface area contributed by atoms with Crippen molar-refractivity contribution in [3.8, 4) is 0 Å². The van der Waals surface area contributed by atoms with E-state index in [2.05, 4.69) is 30.1 Å². The van der Waals surface area contributed by atoms with Crippen molar-refractivity contribution >= 4 is 0 Å². The lowest BCUT2D eigenvalue weighted by Gasteiger charge is -2.31. The maximum Gasteiger partial charge on any atom is 0.0462 e.